The highest BCUT2D eigenvalue weighted by Crippen LogP contribution is 2.23. The summed E-state index contributed by atoms with van der Waals surface area (Å²) >= 11 is 7.61. The van der Waals surface area contributed by atoms with E-state index in [0.717, 1.165) is 52.8 Å². The van der Waals surface area contributed by atoms with E-state index in [0.29, 0.717) is 5.88 Å². The molecule has 112 valence electrons. The standard InChI is InChI=1S/C14H18ClN5S/c1-4-10-13-14(19(3)18-10)20(11(17-13)5-6-15)7-12-16-9(2)8-21-12/h8H,4-7H2,1-3H3. The van der Waals surface area contributed by atoms with Crippen molar-refractivity contribution in [1.29, 1.82) is 0 Å². The van der Waals surface area contributed by atoms with Crippen LogP contribution < -0.4 is 0 Å². The van der Waals surface area contributed by atoms with Gasteiger partial charge in [0.05, 0.1) is 12.2 Å². The molecule has 21 heavy (non-hydrogen) atoms. The zero-order chi connectivity index (χ0) is 15.0. The van der Waals surface area contributed by atoms with Crippen LogP contribution in [0.25, 0.3) is 11.2 Å². The molecule has 3 rings (SSSR count). The molecule has 7 heteroatoms. The fraction of sp³-hybridized carbons (Fsp3) is 0.500. The van der Waals surface area contributed by atoms with Gasteiger partial charge in [-0.1, -0.05) is 6.92 Å². The van der Waals surface area contributed by atoms with Crippen molar-refractivity contribution >= 4 is 34.1 Å². The molecule has 0 aliphatic rings. The smallest absolute Gasteiger partial charge is 0.159 e. The van der Waals surface area contributed by atoms with Gasteiger partial charge < -0.3 is 4.57 Å². The number of nitrogens with zero attached hydrogens (tertiary/aromatic N) is 5. The summed E-state index contributed by atoms with van der Waals surface area (Å²) in [4.78, 5) is 9.33. The molecule has 0 unspecified atom stereocenters. The molecule has 3 heterocycles. The Bertz CT molecular complexity index is 770. The zero-order valence-electron chi connectivity index (χ0n) is 12.4. The van der Waals surface area contributed by atoms with Crippen molar-refractivity contribution in [2.75, 3.05) is 5.88 Å². The first-order valence-corrected chi connectivity index (χ1v) is 8.43. The minimum Gasteiger partial charge on any atom is -0.306 e. The SMILES string of the molecule is CCc1nn(C)c2c1nc(CCCl)n2Cc1nc(C)cs1. The summed E-state index contributed by atoms with van der Waals surface area (Å²) in [7, 11) is 1.97. The highest BCUT2D eigenvalue weighted by atomic mass is 35.5. The van der Waals surface area contributed by atoms with Gasteiger partial charge in [-0.15, -0.1) is 22.9 Å². The first-order valence-electron chi connectivity index (χ1n) is 7.02. The average molecular weight is 324 g/mol. The predicted octanol–water partition coefficient (Wildman–Crippen LogP) is 2.93. The number of hydrogen-bond donors (Lipinski definition) is 0. The van der Waals surface area contributed by atoms with Gasteiger partial charge >= 0.3 is 0 Å². The second kappa shape index (κ2) is 5.77. The summed E-state index contributed by atoms with van der Waals surface area (Å²) in [5.74, 6) is 1.57. The van der Waals surface area contributed by atoms with Crippen LogP contribution in [0, 0.1) is 6.92 Å². The van der Waals surface area contributed by atoms with Crippen LogP contribution in [0.3, 0.4) is 0 Å². The maximum absolute atomic E-state index is 5.93. The van der Waals surface area contributed by atoms with Gasteiger partial charge in [-0.2, -0.15) is 5.10 Å². The monoisotopic (exact) mass is 323 g/mol. The summed E-state index contributed by atoms with van der Waals surface area (Å²) in [6.07, 6.45) is 1.63. The van der Waals surface area contributed by atoms with Gasteiger partial charge in [0.15, 0.2) is 5.65 Å². The first kappa shape index (κ1) is 14.5. The molecule has 3 aromatic rings. The zero-order valence-corrected chi connectivity index (χ0v) is 14.0. The van der Waals surface area contributed by atoms with Gasteiger partial charge in [0, 0.05) is 30.4 Å². The Morgan fingerprint density at radius 2 is 2.14 bits per heavy atom. The maximum atomic E-state index is 5.93. The normalized spacial score (nSPS) is 11.6. The Hall–Kier alpha value is -1.40. The molecular formula is C14H18ClN5S. The minimum absolute atomic E-state index is 0.565. The lowest BCUT2D eigenvalue weighted by molar-refractivity contribution is 0.686. The quantitative estimate of drug-likeness (QED) is 0.678. The van der Waals surface area contributed by atoms with Crippen LogP contribution >= 0.6 is 22.9 Å². The highest BCUT2D eigenvalue weighted by molar-refractivity contribution is 7.09. The average Bonchev–Trinajstić information content (AvgIpc) is 3.09. The van der Waals surface area contributed by atoms with Crippen molar-refractivity contribution in [3.8, 4) is 0 Å². The van der Waals surface area contributed by atoms with Gasteiger partial charge in [0.25, 0.3) is 0 Å². The maximum Gasteiger partial charge on any atom is 0.159 e. The van der Waals surface area contributed by atoms with E-state index < -0.39 is 0 Å². The molecule has 0 N–H and O–H groups in total. The minimum atomic E-state index is 0.565. The lowest BCUT2D eigenvalue weighted by Crippen LogP contribution is -2.09. The van der Waals surface area contributed by atoms with E-state index in [-0.39, 0.29) is 0 Å². The Morgan fingerprint density at radius 1 is 1.33 bits per heavy atom. The van der Waals surface area contributed by atoms with E-state index in [4.69, 9.17) is 16.6 Å². The molecule has 0 spiro atoms. The van der Waals surface area contributed by atoms with Crippen LogP contribution in [0.4, 0.5) is 0 Å². The number of thiazole rings is 1. The molecule has 0 aliphatic heterocycles. The van der Waals surface area contributed by atoms with Crippen LogP contribution in [-0.2, 0) is 26.4 Å². The summed E-state index contributed by atoms with van der Waals surface area (Å²) in [6, 6.07) is 0. The number of aromatic nitrogens is 5. The van der Waals surface area contributed by atoms with Crippen LogP contribution in [0.1, 0.15) is 29.1 Å². The van der Waals surface area contributed by atoms with E-state index >= 15 is 0 Å². The van der Waals surface area contributed by atoms with Crippen molar-refractivity contribution in [1.82, 2.24) is 24.3 Å². The molecule has 0 saturated heterocycles. The number of rotatable bonds is 5. The Kier molecular flexibility index (Phi) is 3.99. The molecule has 0 saturated carbocycles. The van der Waals surface area contributed by atoms with Crippen molar-refractivity contribution in [2.24, 2.45) is 7.05 Å². The predicted molar refractivity (Wildman–Crippen MR) is 86.3 cm³/mol. The summed E-state index contributed by atoms with van der Waals surface area (Å²) in [5, 5.41) is 7.72. The van der Waals surface area contributed by atoms with Crippen molar-refractivity contribution in [3.63, 3.8) is 0 Å². The Balaban J connectivity index is 2.13. The van der Waals surface area contributed by atoms with Gasteiger partial charge in [-0.25, -0.2) is 9.97 Å². The number of aryl methyl sites for hydroxylation is 4. The Labute approximate surface area is 132 Å². The third-order valence-electron chi connectivity index (χ3n) is 3.48. The molecule has 0 bridgehead atoms. The van der Waals surface area contributed by atoms with Gasteiger partial charge in [0.1, 0.15) is 16.3 Å². The summed E-state index contributed by atoms with van der Waals surface area (Å²) in [6.45, 7) is 4.85. The molecule has 5 nitrogen and oxygen atoms in total. The molecule has 0 fully saturated rings. The first-order chi connectivity index (χ1) is 10.1. The summed E-state index contributed by atoms with van der Waals surface area (Å²) < 4.78 is 4.11. The number of imidazole rings is 1. The largest absolute Gasteiger partial charge is 0.306 e. The van der Waals surface area contributed by atoms with Crippen molar-refractivity contribution in [3.05, 3.63) is 27.6 Å². The topological polar surface area (TPSA) is 48.5 Å². The molecule has 0 amide bonds. The summed E-state index contributed by atoms with van der Waals surface area (Å²) in [5.41, 5.74) is 4.15. The molecule has 0 aliphatic carbocycles. The van der Waals surface area contributed by atoms with E-state index in [1.54, 1.807) is 11.3 Å². The molecule has 3 aromatic heterocycles. The number of halogens is 1. The van der Waals surface area contributed by atoms with Crippen LogP contribution in [0.2, 0.25) is 0 Å². The highest BCUT2D eigenvalue weighted by Gasteiger charge is 2.19. The van der Waals surface area contributed by atoms with E-state index in [2.05, 4.69) is 27.0 Å². The van der Waals surface area contributed by atoms with E-state index in [1.807, 2.05) is 18.7 Å². The third kappa shape index (κ3) is 2.58. The van der Waals surface area contributed by atoms with Crippen molar-refractivity contribution in [2.45, 2.75) is 33.2 Å². The lowest BCUT2D eigenvalue weighted by Gasteiger charge is -2.07. The second-order valence-corrected chi connectivity index (χ2v) is 6.35. The lowest BCUT2D eigenvalue weighted by atomic mass is 10.3. The molecule has 0 atom stereocenters. The fourth-order valence-corrected chi connectivity index (χ4v) is 3.51. The third-order valence-corrected chi connectivity index (χ3v) is 4.62. The molecular weight excluding hydrogens is 306 g/mol. The number of fused-ring (bicyclic) bond motifs is 1. The van der Waals surface area contributed by atoms with Crippen LogP contribution in [0.5, 0.6) is 0 Å². The van der Waals surface area contributed by atoms with Gasteiger partial charge in [-0.3, -0.25) is 4.68 Å². The number of hydrogen-bond acceptors (Lipinski definition) is 4. The molecule has 0 radical (unpaired) electrons. The van der Waals surface area contributed by atoms with E-state index in [9.17, 15) is 0 Å². The number of alkyl halides is 1. The second-order valence-electron chi connectivity index (χ2n) is 5.03. The van der Waals surface area contributed by atoms with Crippen LogP contribution in [-0.4, -0.2) is 30.2 Å². The van der Waals surface area contributed by atoms with Gasteiger partial charge in [-0.05, 0) is 13.3 Å². The molecule has 0 aromatic carbocycles. The van der Waals surface area contributed by atoms with E-state index in [1.165, 1.54) is 0 Å². The Morgan fingerprint density at radius 3 is 2.76 bits per heavy atom. The van der Waals surface area contributed by atoms with Crippen LogP contribution in [0.15, 0.2) is 5.38 Å². The van der Waals surface area contributed by atoms with Crippen molar-refractivity contribution < 1.29 is 0 Å². The fourth-order valence-electron chi connectivity index (χ4n) is 2.58. The van der Waals surface area contributed by atoms with Gasteiger partial charge in [0.2, 0.25) is 0 Å².